The third-order valence-corrected chi connectivity index (χ3v) is 4.00. The summed E-state index contributed by atoms with van der Waals surface area (Å²) < 4.78 is 0. The Morgan fingerprint density at radius 3 is 2.65 bits per heavy atom. The molecule has 23 heavy (non-hydrogen) atoms. The van der Waals surface area contributed by atoms with Gasteiger partial charge in [0, 0.05) is 31.3 Å². The minimum atomic E-state index is 0. The lowest BCUT2D eigenvalue weighted by Crippen LogP contribution is -2.25. The summed E-state index contributed by atoms with van der Waals surface area (Å²) in [6.07, 6.45) is 5.44. The summed E-state index contributed by atoms with van der Waals surface area (Å²) in [7, 11) is 0. The van der Waals surface area contributed by atoms with Crippen molar-refractivity contribution in [3.8, 4) is 0 Å². The Morgan fingerprint density at radius 1 is 1.22 bits per heavy atom. The number of anilines is 2. The number of carbonyl (C=O) groups excluding carboxylic acids is 2. The normalized spacial score (nSPS) is 12.5. The van der Waals surface area contributed by atoms with Crippen molar-refractivity contribution in [2.24, 2.45) is 5.73 Å². The molecular weight excluding hydrogens is 314 g/mol. The minimum absolute atomic E-state index is 0. The van der Waals surface area contributed by atoms with Crippen molar-refractivity contribution in [2.75, 3.05) is 23.3 Å². The average Bonchev–Trinajstić information content (AvgIpc) is 2.90. The molecule has 6 heteroatoms. The maximum Gasteiger partial charge on any atom is 0.224 e. The van der Waals surface area contributed by atoms with Crippen LogP contribution in [0.1, 0.15) is 44.6 Å². The quantitative estimate of drug-likeness (QED) is 0.750. The van der Waals surface area contributed by atoms with Gasteiger partial charge in [-0.2, -0.15) is 0 Å². The molecule has 0 saturated carbocycles. The number of nitrogens with one attached hydrogen (secondary N) is 1. The van der Waals surface area contributed by atoms with Gasteiger partial charge in [-0.1, -0.05) is 12.8 Å². The van der Waals surface area contributed by atoms with Crippen molar-refractivity contribution in [1.82, 2.24) is 0 Å². The lowest BCUT2D eigenvalue weighted by Gasteiger charge is -2.15. The number of unbranched alkanes of at least 4 members (excludes halogenated alkanes) is 3. The molecule has 0 aromatic heterocycles. The zero-order valence-electron chi connectivity index (χ0n) is 13.6. The third kappa shape index (κ3) is 5.52. The Kier molecular flexibility index (Phi) is 8.06. The van der Waals surface area contributed by atoms with E-state index < -0.39 is 0 Å². The molecule has 5 nitrogen and oxygen atoms in total. The number of nitrogens with zero attached hydrogens (tertiary/aromatic N) is 1. The number of amides is 2. The van der Waals surface area contributed by atoms with E-state index in [-0.39, 0.29) is 24.2 Å². The maximum absolute atomic E-state index is 11.9. The number of fused-ring (bicyclic) bond motifs is 1. The summed E-state index contributed by atoms with van der Waals surface area (Å²) in [4.78, 5) is 25.2. The van der Waals surface area contributed by atoms with Crippen LogP contribution in [0.5, 0.6) is 0 Å². The van der Waals surface area contributed by atoms with Gasteiger partial charge in [0.05, 0.1) is 0 Å². The number of carbonyl (C=O) groups is 2. The van der Waals surface area contributed by atoms with E-state index in [9.17, 15) is 9.59 Å². The molecule has 0 radical (unpaired) electrons. The predicted molar refractivity (Wildman–Crippen MR) is 96.2 cm³/mol. The van der Waals surface area contributed by atoms with Gasteiger partial charge in [-0.25, -0.2) is 0 Å². The summed E-state index contributed by atoms with van der Waals surface area (Å²) in [5.74, 6) is 0.113. The van der Waals surface area contributed by atoms with Gasteiger partial charge in [-0.15, -0.1) is 12.4 Å². The number of hydrogen-bond acceptors (Lipinski definition) is 3. The van der Waals surface area contributed by atoms with E-state index in [1.165, 1.54) is 0 Å². The largest absolute Gasteiger partial charge is 0.330 e. The van der Waals surface area contributed by atoms with Gasteiger partial charge < -0.3 is 16.0 Å². The highest BCUT2D eigenvalue weighted by Gasteiger charge is 2.22. The van der Waals surface area contributed by atoms with Gasteiger partial charge in [0.2, 0.25) is 11.8 Å². The standard InChI is InChI=1S/C17H25N3O2.ClH/c1-13(21)20-11-9-14-12-15(7-8-16(14)20)19-17(22)6-4-2-3-5-10-18;/h7-8,12H,2-6,9-11,18H2,1H3,(H,19,22);1H. The average molecular weight is 340 g/mol. The molecule has 1 aliphatic heterocycles. The van der Waals surface area contributed by atoms with Crippen LogP contribution in [0, 0.1) is 0 Å². The van der Waals surface area contributed by atoms with Gasteiger partial charge in [-0.3, -0.25) is 9.59 Å². The first-order valence-corrected chi connectivity index (χ1v) is 8.03. The summed E-state index contributed by atoms with van der Waals surface area (Å²) in [5.41, 5.74) is 8.34. The number of benzene rings is 1. The van der Waals surface area contributed by atoms with Crippen molar-refractivity contribution >= 4 is 35.6 Å². The molecular formula is C17H26ClN3O2. The summed E-state index contributed by atoms with van der Waals surface area (Å²) in [6.45, 7) is 3.03. The number of nitrogens with two attached hydrogens (primary N) is 1. The van der Waals surface area contributed by atoms with Gasteiger partial charge in [0.1, 0.15) is 0 Å². The fraction of sp³-hybridized carbons (Fsp3) is 0.529. The molecule has 0 spiro atoms. The van der Waals surface area contributed by atoms with Crippen LogP contribution in [0.15, 0.2) is 18.2 Å². The zero-order valence-corrected chi connectivity index (χ0v) is 14.5. The van der Waals surface area contributed by atoms with E-state index in [0.29, 0.717) is 6.42 Å². The van der Waals surface area contributed by atoms with Crippen molar-refractivity contribution in [2.45, 2.75) is 45.4 Å². The second kappa shape index (κ2) is 9.53. The third-order valence-electron chi connectivity index (χ3n) is 4.00. The Labute approximate surface area is 144 Å². The predicted octanol–water partition coefficient (Wildman–Crippen LogP) is 2.87. The molecule has 0 saturated heterocycles. The van der Waals surface area contributed by atoms with Gasteiger partial charge in [-0.05, 0) is 49.6 Å². The second-order valence-corrected chi connectivity index (χ2v) is 5.77. The molecule has 1 aromatic carbocycles. The maximum atomic E-state index is 11.9. The summed E-state index contributed by atoms with van der Waals surface area (Å²) >= 11 is 0. The van der Waals surface area contributed by atoms with Crippen LogP contribution in [0.25, 0.3) is 0 Å². The summed E-state index contributed by atoms with van der Waals surface area (Å²) in [6, 6.07) is 5.76. The molecule has 0 unspecified atom stereocenters. The molecule has 0 atom stereocenters. The van der Waals surface area contributed by atoms with Crippen molar-refractivity contribution in [1.29, 1.82) is 0 Å². The van der Waals surface area contributed by atoms with Crippen LogP contribution < -0.4 is 16.0 Å². The van der Waals surface area contributed by atoms with Crippen molar-refractivity contribution in [3.63, 3.8) is 0 Å². The van der Waals surface area contributed by atoms with Gasteiger partial charge in [0.15, 0.2) is 0 Å². The van der Waals surface area contributed by atoms with Crippen LogP contribution in [0.4, 0.5) is 11.4 Å². The number of halogens is 1. The SMILES string of the molecule is CC(=O)N1CCc2cc(NC(=O)CCCCCCN)ccc21.Cl. The van der Waals surface area contributed by atoms with E-state index in [1.807, 2.05) is 18.2 Å². The fourth-order valence-electron chi connectivity index (χ4n) is 2.81. The molecule has 0 aliphatic carbocycles. The Bertz CT molecular complexity index is 549. The molecule has 1 aromatic rings. The number of rotatable bonds is 7. The van der Waals surface area contributed by atoms with Crippen LogP contribution in [0.3, 0.4) is 0 Å². The molecule has 1 heterocycles. The first-order chi connectivity index (χ1) is 10.6. The highest BCUT2D eigenvalue weighted by atomic mass is 35.5. The molecule has 128 valence electrons. The lowest BCUT2D eigenvalue weighted by molar-refractivity contribution is -0.117. The summed E-state index contributed by atoms with van der Waals surface area (Å²) in [5, 5.41) is 2.94. The molecule has 0 fully saturated rings. The highest BCUT2D eigenvalue weighted by Crippen LogP contribution is 2.30. The smallest absolute Gasteiger partial charge is 0.224 e. The Balaban J connectivity index is 0.00000264. The van der Waals surface area contributed by atoms with E-state index in [2.05, 4.69) is 5.32 Å². The van der Waals surface area contributed by atoms with Crippen molar-refractivity contribution in [3.05, 3.63) is 23.8 Å². The van der Waals surface area contributed by atoms with E-state index in [1.54, 1.807) is 11.8 Å². The van der Waals surface area contributed by atoms with Gasteiger partial charge in [0.25, 0.3) is 0 Å². The van der Waals surface area contributed by atoms with Crippen LogP contribution in [-0.4, -0.2) is 24.9 Å². The van der Waals surface area contributed by atoms with E-state index in [0.717, 1.165) is 62.1 Å². The van der Waals surface area contributed by atoms with Crippen LogP contribution in [-0.2, 0) is 16.0 Å². The Hall–Kier alpha value is -1.59. The second-order valence-electron chi connectivity index (χ2n) is 5.77. The molecule has 0 bridgehead atoms. The molecule has 2 amide bonds. The molecule has 1 aliphatic rings. The van der Waals surface area contributed by atoms with E-state index >= 15 is 0 Å². The lowest BCUT2D eigenvalue weighted by atomic mass is 10.1. The Morgan fingerprint density at radius 2 is 1.96 bits per heavy atom. The van der Waals surface area contributed by atoms with Gasteiger partial charge >= 0.3 is 0 Å². The zero-order chi connectivity index (χ0) is 15.9. The van der Waals surface area contributed by atoms with Crippen LogP contribution >= 0.6 is 12.4 Å². The first-order valence-electron chi connectivity index (χ1n) is 8.03. The van der Waals surface area contributed by atoms with Crippen LogP contribution in [0.2, 0.25) is 0 Å². The monoisotopic (exact) mass is 339 g/mol. The number of hydrogen-bond donors (Lipinski definition) is 2. The fourth-order valence-corrected chi connectivity index (χ4v) is 2.81. The minimum Gasteiger partial charge on any atom is -0.330 e. The van der Waals surface area contributed by atoms with E-state index in [4.69, 9.17) is 5.73 Å². The van der Waals surface area contributed by atoms with Crippen molar-refractivity contribution < 1.29 is 9.59 Å². The molecule has 2 rings (SSSR count). The first kappa shape index (κ1) is 19.5. The topological polar surface area (TPSA) is 75.4 Å². The molecule has 3 N–H and O–H groups in total. The highest BCUT2D eigenvalue weighted by molar-refractivity contribution is 5.95.